The topological polar surface area (TPSA) is 87.3 Å². The lowest BCUT2D eigenvalue weighted by molar-refractivity contribution is -0.116. The highest BCUT2D eigenvalue weighted by atomic mass is 16.5. The molecular weight excluding hydrogens is 460 g/mol. The van der Waals surface area contributed by atoms with Crippen molar-refractivity contribution in [3.8, 4) is 28.7 Å². The number of carbonyl (C=O) groups excluding carboxylic acids is 1. The van der Waals surface area contributed by atoms with Crippen molar-refractivity contribution in [3.63, 3.8) is 0 Å². The summed E-state index contributed by atoms with van der Waals surface area (Å²) < 4.78 is 26.5. The molecule has 0 fully saturated rings. The standard InChI is InChI=1S/C28H34N2O6/c1-32-23-16-21(17-24(20-23)33-2)11-8-9-13-29-14-15-30-27(31)12-7-6-10-22-18-25(34-3)28(36-5)26(19-22)35-4/h6-13,16-20,29H,14-15H2,1-5H3,(H,30,31)/b10-6+,11-8+,12-7+,13-9?. The largest absolute Gasteiger partial charge is 0.497 e. The Balaban J connectivity index is 1.73. The van der Waals surface area contributed by atoms with Gasteiger partial charge >= 0.3 is 0 Å². The van der Waals surface area contributed by atoms with E-state index >= 15 is 0 Å². The van der Waals surface area contributed by atoms with Crippen molar-refractivity contribution in [3.05, 3.63) is 78.0 Å². The van der Waals surface area contributed by atoms with Crippen molar-refractivity contribution in [2.75, 3.05) is 48.6 Å². The van der Waals surface area contributed by atoms with Crippen LogP contribution >= 0.6 is 0 Å². The molecule has 8 nitrogen and oxygen atoms in total. The summed E-state index contributed by atoms with van der Waals surface area (Å²) >= 11 is 0. The van der Waals surface area contributed by atoms with Crippen molar-refractivity contribution in [2.24, 2.45) is 0 Å². The van der Waals surface area contributed by atoms with Crippen LogP contribution in [0.25, 0.3) is 12.2 Å². The SMILES string of the molecule is COc1cc(/C=C/C=CNCCNC(=O)/C=C/C=C/c2cc(OC)c(OC)c(OC)c2)cc(OC)c1. The molecule has 0 aliphatic carbocycles. The number of rotatable bonds is 14. The van der Waals surface area contributed by atoms with Gasteiger partial charge in [0.1, 0.15) is 11.5 Å². The number of amides is 1. The molecule has 8 heteroatoms. The van der Waals surface area contributed by atoms with E-state index in [2.05, 4.69) is 10.6 Å². The van der Waals surface area contributed by atoms with Gasteiger partial charge in [-0.2, -0.15) is 0 Å². The van der Waals surface area contributed by atoms with Crippen LogP contribution in [0, 0.1) is 0 Å². The third kappa shape index (κ3) is 9.13. The summed E-state index contributed by atoms with van der Waals surface area (Å²) in [5.41, 5.74) is 1.82. The van der Waals surface area contributed by atoms with Crippen molar-refractivity contribution in [1.29, 1.82) is 0 Å². The van der Waals surface area contributed by atoms with Gasteiger partial charge in [-0.05, 0) is 47.7 Å². The molecule has 0 spiro atoms. The predicted octanol–water partition coefficient (Wildman–Crippen LogP) is 4.23. The van der Waals surface area contributed by atoms with Crippen molar-refractivity contribution in [1.82, 2.24) is 10.6 Å². The zero-order chi connectivity index (χ0) is 26.2. The van der Waals surface area contributed by atoms with Crippen LogP contribution in [0.5, 0.6) is 28.7 Å². The second kappa shape index (κ2) is 15.5. The average Bonchev–Trinajstić information content (AvgIpc) is 2.91. The van der Waals surface area contributed by atoms with Crippen LogP contribution in [-0.2, 0) is 4.79 Å². The van der Waals surface area contributed by atoms with E-state index in [0.29, 0.717) is 30.3 Å². The first-order valence-corrected chi connectivity index (χ1v) is 11.3. The molecule has 0 atom stereocenters. The molecule has 2 aromatic rings. The zero-order valence-corrected chi connectivity index (χ0v) is 21.4. The molecule has 0 heterocycles. The fourth-order valence-electron chi connectivity index (χ4n) is 3.12. The quantitative estimate of drug-likeness (QED) is 0.231. The molecule has 1 amide bonds. The predicted molar refractivity (Wildman–Crippen MR) is 143 cm³/mol. The second-order valence-electron chi connectivity index (χ2n) is 7.29. The molecule has 0 aromatic heterocycles. The Morgan fingerprint density at radius 2 is 1.28 bits per heavy atom. The van der Waals surface area contributed by atoms with Crippen molar-refractivity contribution in [2.45, 2.75) is 0 Å². The van der Waals surface area contributed by atoms with E-state index in [1.54, 1.807) is 47.7 Å². The molecule has 0 unspecified atom stereocenters. The number of methoxy groups -OCH3 is 5. The highest BCUT2D eigenvalue weighted by Gasteiger charge is 2.11. The summed E-state index contributed by atoms with van der Waals surface area (Å²) in [6, 6.07) is 9.32. The van der Waals surface area contributed by atoms with Crippen LogP contribution in [0.1, 0.15) is 11.1 Å². The summed E-state index contributed by atoms with van der Waals surface area (Å²) in [6.07, 6.45) is 14.3. The van der Waals surface area contributed by atoms with Gasteiger partial charge in [-0.1, -0.05) is 30.4 Å². The molecule has 0 aliphatic rings. The molecule has 0 bridgehead atoms. The number of ether oxygens (including phenoxy) is 5. The van der Waals surface area contributed by atoms with Gasteiger partial charge in [-0.15, -0.1) is 0 Å². The van der Waals surface area contributed by atoms with E-state index in [-0.39, 0.29) is 5.91 Å². The van der Waals surface area contributed by atoms with E-state index in [9.17, 15) is 4.79 Å². The van der Waals surface area contributed by atoms with Gasteiger partial charge in [0, 0.05) is 25.2 Å². The van der Waals surface area contributed by atoms with Crippen LogP contribution < -0.4 is 34.3 Å². The van der Waals surface area contributed by atoms with Gasteiger partial charge in [0.25, 0.3) is 0 Å². The van der Waals surface area contributed by atoms with Gasteiger partial charge in [0.05, 0.1) is 35.5 Å². The third-order valence-corrected chi connectivity index (χ3v) is 4.89. The van der Waals surface area contributed by atoms with E-state index in [1.807, 2.05) is 60.8 Å². The van der Waals surface area contributed by atoms with Gasteiger partial charge < -0.3 is 34.3 Å². The van der Waals surface area contributed by atoms with Gasteiger partial charge in [-0.3, -0.25) is 4.79 Å². The number of benzene rings is 2. The third-order valence-electron chi connectivity index (χ3n) is 4.89. The minimum Gasteiger partial charge on any atom is -0.497 e. The van der Waals surface area contributed by atoms with Crippen LogP contribution in [-0.4, -0.2) is 54.5 Å². The zero-order valence-electron chi connectivity index (χ0n) is 21.4. The van der Waals surface area contributed by atoms with E-state index < -0.39 is 0 Å². The lowest BCUT2D eigenvalue weighted by atomic mass is 10.1. The Morgan fingerprint density at radius 1 is 0.694 bits per heavy atom. The summed E-state index contributed by atoms with van der Waals surface area (Å²) in [6.45, 7) is 1.08. The first-order chi connectivity index (χ1) is 17.5. The fraction of sp³-hybridized carbons (Fsp3) is 0.250. The van der Waals surface area contributed by atoms with E-state index in [1.165, 1.54) is 6.08 Å². The van der Waals surface area contributed by atoms with Crippen LogP contribution in [0.15, 0.2) is 66.9 Å². The lowest BCUT2D eigenvalue weighted by Gasteiger charge is -2.12. The Bertz CT molecular complexity index is 1060. The summed E-state index contributed by atoms with van der Waals surface area (Å²) in [4.78, 5) is 12.0. The minimum atomic E-state index is -0.179. The normalized spacial score (nSPS) is 11.4. The van der Waals surface area contributed by atoms with Gasteiger partial charge in [0.2, 0.25) is 11.7 Å². The van der Waals surface area contributed by atoms with Gasteiger partial charge in [-0.25, -0.2) is 0 Å². The molecule has 2 aromatic carbocycles. The van der Waals surface area contributed by atoms with Gasteiger partial charge in [0.15, 0.2) is 11.5 Å². The molecule has 0 saturated carbocycles. The number of hydrogen-bond acceptors (Lipinski definition) is 7. The van der Waals surface area contributed by atoms with Crippen LogP contribution in [0.2, 0.25) is 0 Å². The molecule has 2 N–H and O–H groups in total. The average molecular weight is 495 g/mol. The molecule has 36 heavy (non-hydrogen) atoms. The second-order valence-corrected chi connectivity index (χ2v) is 7.29. The van der Waals surface area contributed by atoms with Crippen LogP contribution in [0.4, 0.5) is 0 Å². The summed E-state index contributed by atoms with van der Waals surface area (Å²) in [5.74, 6) is 2.95. The summed E-state index contributed by atoms with van der Waals surface area (Å²) in [7, 11) is 7.93. The molecular formula is C28H34N2O6. The molecule has 0 radical (unpaired) electrons. The van der Waals surface area contributed by atoms with Crippen molar-refractivity contribution < 1.29 is 28.5 Å². The smallest absolute Gasteiger partial charge is 0.244 e. The Morgan fingerprint density at radius 3 is 1.83 bits per heavy atom. The Kier molecular flexibility index (Phi) is 12.1. The highest BCUT2D eigenvalue weighted by Crippen LogP contribution is 2.38. The number of nitrogens with one attached hydrogen (secondary N) is 2. The molecule has 2 rings (SSSR count). The maximum Gasteiger partial charge on any atom is 0.244 e. The Hall–Kier alpha value is -4.33. The maximum absolute atomic E-state index is 12.0. The number of hydrogen-bond donors (Lipinski definition) is 2. The fourth-order valence-corrected chi connectivity index (χ4v) is 3.12. The highest BCUT2D eigenvalue weighted by molar-refractivity contribution is 5.87. The minimum absolute atomic E-state index is 0.179. The summed E-state index contributed by atoms with van der Waals surface area (Å²) in [5, 5.41) is 5.94. The maximum atomic E-state index is 12.0. The molecule has 192 valence electrons. The number of carbonyl (C=O) groups is 1. The Labute approximate surface area is 212 Å². The van der Waals surface area contributed by atoms with Crippen LogP contribution in [0.3, 0.4) is 0 Å². The van der Waals surface area contributed by atoms with Crippen molar-refractivity contribution >= 4 is 18.1 Å². The first kappa shape index (κ1) is 27.9. The monoisotopic (exact) mass is 494 g/mol. The molecule has 0 aliphatic heterocycles. The molecule has 0 saturated heterocycles. The lowest BCUT2D eigenvalue weighted by Crippen LogP contribution is -2.28. The number of allylic oxidation sites excluding steroid dienone is 4. The first-order valence-electron chi connectivity index (χ1n) is 11.3. The van der Waals surface area contributed by atoms with E-state index in [4.69, 9.17) is 23.7 Å². The van der Waals surface area contributed by atoms with E-state index in [0.717, 1.165) is 22.6 Å².